The average molecular weight is 194 g/mol. The Morgan fingerprint density at radius 1 is 1.29 bits per heavy atom. The highest BCUT2D eigenvalue weighted by molar-refractivity contribution is 5.32. The lowest BCUT2D eigenvalue weighted by Crippen LogP contribution is -2.23. The van der Waals surface area contributed by atoms with E-state index < -0.39 is 0 Å². The highest BCUT2D eigenvalue weighted by Crippen LogP contribution is 1.99. The van der Waals surface area contributed by atoms with Crippen molar-refractivity contribution in [1.82, 2.24) is 15.3 Å². The van der Waals surface area contributed by atoms with E-state index in [9.17, 15) is 0 Å². The van der Waals surface area contributed by atoms with E-state index in [-0.39, 0.29) is 0 Å². The summed E-state index contributed by atoms with van der Waals surface area (Å²) in [6, 6.07) is 1.88. The molecule has 0 saturated heterocycles. The van der Waals surface area contributed by atoms with Crippen LogP contribution in [0.1, 0.15) is 19.2 Å². The van der Waals surface area contributed by atoms with Gasteiger partial charge < -0.3 is 10.6 Å². The molecule has 1 aromatic rings. The van der Waals surface area contributed by atoms with Gasteiger partial charge in [0.05, 0.1) is 0 Å². The van der Waals surface area contributed by atoms with Gasteiger partial charge >= 0.3 is 0 Å². The maximum Gasteiger partial charge on any atom is 0.129 e. The van der Waals surface area contributed by atoms with Crippen molar-refractivity contribution in [3.8, 4) is 0 Å². The van der Waals surface area contributed by atoms with Gasteiger partial charge in [0.1, 0.15) is 11.6 Å². The molecular formula is C10H18N4. The molecule has 0 spiro atoms. The standard InChI is InChI=1S/C10H18N4/c1-3-5-11-7-8-13-10-4-6-12-9(2)14-10/h4,6,11H,3,5,7-8H2,1-2H3,(H,12,13,14). The third-order valence-corrected chi connectivity index (χ3v) is 1.81. The molecule has 0 aromatic carbocycles. The van der Waals surface area contributed by atoms with E-state index in [2.05, 4.69) is 27.5 Å². The fourth-order valence-corrected chi connectivity index (χ4v) is 1.14. The summed E-state index contributed by atoms with van der Waals surface area (Å²) >= 11 is 0. The van der Waals surface area contributed by atoms with E-state index in [4.69, 9.17) is 0 Å². The third-order valence-electron chi connectivity index (χ3n) is 1.81. The van der Waals surface area contributed by atoms with Gasteiger partial charge in [-0.15, -0.1) is 0 Å². The molecule has 0 atom stereocenters. The zero-order chi connectivity index (χ0) is 10.2. The maximum atomic E-state index is 4.24. The van der Waals surface area contributed by atoms with Crippen molar-refractivity contribution in [2.75, 3.05) is 25.0 Å². The minimum absolute atomic E-state index is 0.802. The van der Waals surface area contributed by atoms with Crippen LogP contribution < -0.4 is 10.6 Å². The monoisotopic (exact) mass is 194 g/mol. The lowest BCUT2D eigenvalue weighted by molar-refractivity contribution is 0.687. The fourth-order valence-electron chi connectivity index (χ4n) is 1.14. The van der Waals surface area contributed by atoms with E-state index in [0.717, 1.165) is 31.3 Å². The fraction of sp³-hybridized carbons (Fsp3) is 0.600. The average Bonchev–Trinajstić information content (AvgIpc) is 2.18. The van der Waals surface area contributed by atoms with Gasteiger partial charge in [-0.25, -0.2) is 9.97 Å². The number of hydrogen-bond donors (Lipinski definition) is 2. The molecule has 0 radical (unpaired) electrons. The Morgan fingerprint density at radius 2 is 2.14 bits per heavy atom. The first kappa shape index (κ1) is 10.9. The molecule has 2 N–H and O–H groups in total. The van der Waals surface area contributed by atoms with Crippen molar-refractivity contribution < 1.29 is 0 Å². The smallest absolute Gasteiger partial charge is 0.129 e. The van der Waals surface area contributed by atoms with Crippen molar-refractivity contribution in [1.29, 1.82) is 0 Å². The van der Waals surface area contributed by atoms with E-state index in [1.165, 1.54) is 6.42 Å². The van der Waals surface area contributed by atoms with Crippen LogP contribution in [0.5, 0.6) is 0 Å². The molecule has 0 amide bonds. The lowest BCUT2D eigenvalue weighted by atomic mass is 10.4. The SMILES string of the molecule is CCCNCCNc1ccnc(C)n1. The third kappa shape index (κ3) is 4.18. The minimum atomic E-state index is 0.802. The van der Waals surface area contributed by atoms with Crippen LogP contribution in [-0.2, 0) is 0 Å². The summed E-state index contributed by atoms with van der Waals surface area (Å²) in [6.07, 6.45) is 2.94. The highest BCUT2D eigenvalue weighted by Gasteiger charge is 1.93. The summed E-state index contributed by atoms with van der Waals surface area (Å²) < 4.78 is 0. The van der Waals surface area contributed by atoms with Gasteiger partial charge in [-0.3, -0.25) is 0 Å². The van der Waals surface area contributed by atoms with Crippen molar-refractivity contribution in [2.45, 2.75) is 20.3 Å². The van der Waals surface area contributed by atoms with Gasteiger partial charge in [-0.2, -0.15) is 0 Å². The summed E-state index contributed by atoms with van der Waals surface area (Å²) in [5.41, 5.74) is 0. The van der Waals surface area contributed by atoms with Crippen molar-refractivity contribution in [3.63, 3.8) is 0 Å². The zero-order valence-electron chi connectivity index (χ0n) is 8.88. The molecule has 0 bridgehead atoms. The van der Waals surface area contributed by atoms with Crippen LogP contribution in [0.25, 0.3) is 0 Å². The molecule has 0 unspecified atom stereocenters. The summed E-state index contributed by atoms with van der Waals surface area (Å²) in [7, 11) is 0. The van der Waals surface area contributed by atoms with Gasteiger partial charge in [0.25, 0.3) is 0 Å². The van der Waals surface area contributed by atoms with Gasteiger partial charge in [-0.05, 0) is 26.0 Å². The second kappa shape index (κ2) is 6.32. The van der Waals surface area contributed by atoms with E-state index >= 15 is 0 Å². The maximum absolute atomic E-state index is 4.24. The molecule has 0 aliphatic rings. The minimum Gasteiger partial charge on any atom is -0.369 e. The first-order valence-corrected chi connectivity index (χ1v) is 5.07. The van der Waals surface area contributed by atoms with Crippen LogP contribution >= 0.6 is 0 Å². The number of nitrogens with zero attached hydrogens (tertiary/aromatic N) is 2. The molecule has 1 aromatic heterocycles. The molecule has 1 rings (SSSR count). The molecule has 0 fully saturated rings. The van der Waals surface area contributed by atoms with Gasteiger partial charge in [0, 0.05) is 19.3 Å². The van der Waals surface area contributed by atoms with E-state index in [0.29, 0.717) is 0 Å². The summed E-state index contributed by atoms with van der Waals surface area (Å²) in [6.45, 7) is 6.99. The Bertz CT molecular complexity index is 262. The summed E-state index contributed by atoms with van der Waals surface area (Å²) in [5.74, 6) is 1.70. The Balaban J connectivity index is 2.18. The van der Waals surface area contributed by atoms with Crippen LogP contribution in [0.2, 0.25) is 0 Å². The van der Waals surface area contributed by atoms with Gasteiger partial charge in [0.15, 0.2) is 0 Å². The first-order chi connectivity index (χ1) is 6.83. The number of aryl methyl sites for hydroxylation is 1. The quantitative estimate of drug-likeness (QED) is 0.668. The first-order valence-electron chi connectivity index (χ1n) is 5.07. The normalized spacial score (nSPS) is 10.1. The van der Waals surface area contributed by atoms with E-state index in [1.807, 2.05) is 13.0 Å². The molecule has 14 heavy (non-hydrogen) atoms. The van der Waals surface area contributed by atoms with Crippen LogP contribution in [0.3, 0.4) is 0 Å². The van der Waals surface area contributed by atoms with Gasteiger partial charge in [0.2, 0.25) is 0 Å². The number of hydrogen-bond acceptors (Lipinski definition) is 4. The predicted molar refractivity (Wildman–Crippen MR) is 58.4 cm³/mol. The van der Waals surface area contributed by atoms with Crippen LogP contribution in [0, 0.1) is 6.92 Å². The number of aromatic nitrogens is 2. The number of rotatable bonds is 6. The van der Waals surface area contributed by atoms with Crippen molar-refractivity contribution in [3.05, 3.63) is 18.1 Å². The Labute approximate surface area is 85.2 Å². The van der Waals surface area contributed by atoms with E-state index in [1.54, 1.807) is 6.20 Å². The molecule has 4 nitrogen and oxygen atoms in total. The molecular weight excluding hydrogens is 176 g/mol. The van der Waals surface area contributed by atoms with Crippen LogP contribution in [0.4, 0.5) is 5.82 Å². The Kier molecular flexibility index (Phi) is 4.93. The highest BCUT2D eigenvalue weighted by atomic mass is 15.0. The largest absolute Gasteiger partial charge is 0.369 e. The molecule has 0 saturated carbocycles. The predicted octanol–water partition coefficient (Wildman–Crippen LogP) is 1.20. The second-order valence-electron chi connectivity index (χ2n) is 3.17. The van der Waals surface area contributed by atoms with Crippen LogP contribution in [0.15, 0.2) is 12.3 Å². The van der Waals surface area contributed by atoms with Gasteiger partial charge in [-0.1, -0.05) is 6.92 Å². The zero-order valence-corrected chi connectivity index (χ0v) is 8.88. The summed E-state index contributed by atoms with van der Waals surface area (Å²) in [4.78, 5) is 8.27. The number of anilines is 1. The van der Waals surface area contributed by atoms with Crippen molar-refractivity contribution in [2.24, 2.45) is 0 Å². The molecule has 0 aliphatic heterocycles. The second-order valence-corrected chi connectivity index (χ2v) is 3.17. The molecule has 4 heteroatoms. The van der Waals surface area contributed by atoms with Crippen molar-refractivity contribution >= 4 is 5.82 Å². The molecule has 0 aliphatic carbocycles. The summed E-state index contributed by atoms with van der Waals surface area (Å²) in [5, 5.41) is 6.54. The Morgan fingerprint density at radius 3 is 2.86 bits per heavy atom. The Hall–Kier alpha value is -1.16. The van der Waals surface area contributed by atoms with Crippen LogP contribution in [-0.4, -0.2) is 29.6 Å². The topological polar surface area (TPSA) is 49.8 Å². The molecule has 78 valence electrons. The lowest BCUT2D eigenvalue weighted by Gasteiger charge is -2.06. The molecule has 1 heterocycles. The number of nitrogens with one attached hydrogen (secondary N) is 2.